The number of hydrogen-bond donors (Lipinski definition) is 3. The van der Waals surface area contributed by atoms with Crippen LogP contribution in [0.15, 0.2) is 72.2 Å². The molecule has 0 amide bonds. The Morgan fingerprint density at radius 1 is 1.20 bits per heavy atom. The fraction of sp³-hybridized carbons (Fsp3) is 0.273. The largest absolute Gasteiger partial charge is 0.384 e. The Hall–Kier alpha value is -2.46. The van der Waals surface area contributed by atoms with Crippen LogP contribution >= 0.6 is 24.0 Å². The molecule has 0 saturated heterocycles. The van der Waals surface area contributed by atoms with E-state index >= 15 is 0 Å². The van der Waals surface area contributed by atoms with Crippen molar-refractivity contribution in [3.63, 3.8) is 0 Å². The van der Waals surface area contributed by atoms with Crippen LogP contribution in [-0.2, 0) is 12.1 Å². The van der Waals surface area contributed by atoms with Gasteiger partial charge in [0.2, 0.25) is 0 Å². The molecule has 0 spiro atoms. The van der Waals surface area contributed by atoms with Crippen LogP contribution < -0.4 is 10.6 Å². The van der Waals surface area contributed by atoms with Crippen molar-refractivity contribution in [1.82, 2.24) is 20.2 Å². The number of nitrogens with one attached hydrogen (secondary N) is 2. The first-order valence-electron chi connectivity index (χ1n) is 9.56. The molecule has 0 radical (unpaired) electrons. The standard InChI is InChI=1S/C22H26FN5O.HI/c1-3-25-21(27-15-22(2,29)18-7-5-4-6-8-18)26-14-17-9-10-20(19(23)13-17)28-12-11-24-16-28;/h4-13,16,29H,3,14-15H2,1-2H3,(H2,25,26,27);1H. The van der Waals surface area contributed by atoms with Crippen molar-refractivity contribution in [2.75, 3.05) is 13.1 Å². The van der Waals surface area contributed by atoms with Gasteiger partial charge in [0.15, 0.2) is 5.96 Å². The lowest BCUT2D eigenvalue weighted by Gasteiger charge is -2.25. The first-order chi connectivity index (χ1) is 14.0. The van der Waals surface area contributed by atoms with Gasteiger partial charge in [0.1, 0.15) is 11.4 Å². The van der Waals surface area contributed by atoms with Crippen molar-refractivity contribution >= 4 is 29.9 Å². The van der Waals surface area contributed by atoms with E-state index in [9.17, 15) is 9.50 Å². The highest BCUT2D eigenvalue weighted by Gasteiger charge is 2.22. The highest BCUT2D eigenvalue weighted by atomic mass is 127. The first kappa shape index (κ1) is 23.8. The van der Waals surface area contributed by atoms with Crippen LogP contribution in [0.4, 0.5) is 4.39 Å². The molecule has 0 bridgehead atoms. The van der Waals surface area contributed by atoms with Crippen LogP contribution in [0, 0.1) is 5.82 Å². The zero-order valence-electron chi connectivity index (χ0n) is 17.0. The van der Waals surface area contributed by atoms with Gasteiger partial charge in [-0.05, 0) is 37.1 Å². The molecule has 160 valence electrons. The van der Waals surface area contributed by atoms with Gasteiger partial charge < -0.3 is 20.3 Å². The van der Waals surface area contributed by atoms with Gasteiger partial charge in [-0.25, -0.2) is 14.4 Å². The minimum atomic E-state index is -1.05. The molecule has 1 heterocycles. The predicted octanol–water partition coefficient (Wildman–Crippen LogP) is 3.59. The normalized spacial score (nSPS) is 13.3. The molecule has 30 heavy (non-hydrogen) atoms. The third kappa shape index (κ3) is 6.27. The summed E-state index contributed by atoms with van der Waals surface area (Å²) in [6.07, 6.45) is 4.86. The third-order valence-corrected chi connectivity index (χ3v) is 4.55. The number of guanidine groups is 1. The topological polar surface area (TPSA) is 74.5 Å². The molecule has 6 nitrogen and oxygen atoms in total. The molecule has 3 rings (SSSR count). The van der Waals surface area contributed by atoms with Crippen LogP contribution in [0.1, 0.15) is 25.0 Å². The first-order valence-corrected chi connectivity index (χ1v) is 9.56. The molecule has 1 atom stereocenters. The molecule has 2 aromatic carbocycles. The van der Waals surface area contributed by atoms with E-state index in [1.165, 1.54) is 6.07 Å². The summed E-state index contributed by atoms with van der Waals surface area (Å²) in [6.45, 7) is 4.99. The zero-order chi connectivity index (χ0) is 20.7. The second kappa shape index (κ2) is 11.1. The molecule has 1 unspecified atom stereocenters. The molecule has 3 aromatic rings. The number of nitrogens with zero attached hydrogens (tertiary/aromatic N) is 3. The van der Waals surface area contributed by atoms with E-state index in [1.54, 1.807) is 36.3 Å². The summed E-state index contributed by atoms with van der Waals surface area (Å²) in [5.41, 5.74) is 0.966. The average molecular weight is 523 g/mol. The summed E-state index contributed by atoms with van der Waals surface area (Å²) in [5, 5.41) is 17.1. The molecule has 0 aliphatic carbocycles. The minimum absolute atomic E-state index is 0. The molecule has 1 aromatic heterocycles. The number of hydrogen-bond acceptors (Lipinski definition) is 3. The number of halogens is 2. The quantitative estimate of drug-likeness (QED) is 0.252. The van der Waals surface area contributed by atoms with Crippen molar-refractivity contribution < 1.29 is 9.50 Å². The molecule has 0 saturated carbocycles. The number of benzene rings is 2. The van der Waals surface area contributed by atoms with Crippen LogP contribution in [0.2, 0.25) is 0 Å². The Kier molecular flexibility index (Phi) is 8.79. The van der Waals surface area contributed by atoms with E-state index in [1.807, 2.05) is 43.3 Å². The summed E-state index contributed by atoms with van der Waals surface area (Å²) in [7, 11) is 0. The lowest BCUT2D eigenvalue weighted by molar-refractivity contribution is 0.0617. The van der Waals surface area contributed by atoms with E-state index < -0.39 is 5.60 Å². The van der Waals surface area contributed by atoms with Gasteiger partial charge in [-0.3, -0.25) is 0 Å². The lowest BCUT2D eigenvalue weighted by Crippen LogP contribution is -2.44. The number of rotatable bonds is 7. The molecule has 0 fully saturated rings. The maximum absolute atomic E-state index is 14.4. The second-order valence-corrected chi connectivity index (χ2v) is 6.94. The number of imidazole rings is 1. The fourth-order valence-corrected chi connectivity index (χ4v) is 2.93. The zero-order valence-corrected chi connectivity index (χ0v) is 19.4. The molecular weight excluding hydrogens is 496 g/mol. The van der Waals surface area contributed by atoms with Gasteiger partial charge in [-0.15, -0.1) is 24.0 Å². The van der Waals surface area contributed by atoms with Crippen molar-refractivity contribution in [3.05, 3.63) is 84.2 Å². The van der Waals surface area contributed by atoms with Crippen molar-refractivity contribution in [2.24, 2.45) is 4.99 Å². The molecular formula is C22H27FIN5O. The van der Waals surface area contributed by atoms with Gasteiger partial charge in [0, 0.05) is 18.9 Å². The summed E-state index contributed by atoms with van der Waals surface area (Å²) in [4.78, 5) is 8.45. The second-order valence-electron chi connectivity index (χ2n) is 6.94. The van der Waals surface area contributed by atoms with E-state index in [4.69, 9.17) is 0 Å². The summed E-state index contributed by atoms with van der Waals surface area (Å²) < 4.78 is 16.0. The van der Waals surface area contributed by atoms with Crippen LogP contribution in [0.3, 0.4) is 0 Å². The van der Waals surface area contributed by atoms with E-state index in [0.717, 1.165) is 11.1 Å². The lowest BCUT2D eigenvalue weighted by atomic mass is 9.96. The maximum atomic E-state index is 14.4. The van der Waals surface area contributed by atoms with Crippen molar-refractivity contribution in [1.29, 1.82) is 0 Å². The highest BCUT2D eigenvalue weighted by molar-refractivity contribution is 14.0. The summed E-state index contributed by atoms with van der Waals surface area (Å²) >= 11 is 0. The Labute approximate surface area is 193 Å². The Morgan fingerprint density at radius 2 is 1.97 bits per heavy atom. The van der Waals surface area contributed by atoms with Crippen LogP contribution in [0.25, 0.3) is 5.69 Å². The Bertz CT molecular complexity index is 945. The van der Waals surface area contributed by atoms with Gasteiger partial charge >= 0.3 is 0 Å². The number of aliphatic imine (C=N–C) groups is 1. The maximum Gasteiger partial charge on any atom is 0.191 e. The van der Waals surface area contributed by atoms with Gasteiger partial charge in [-0.1, -0.05) is 36.4 Å². The summed E-state index contributed by atoms with van der Waals surface area (Å²) in [5.74, 6) is 0.225. The van der Waals surface area contributed by atoms with Crippen molar-refractivity contribution in [3.8, 4) is 5.69 Å². The molecule has 0 aliphatic rings. The predicted molar refractivity (Wildman–Crippen MR) is 128 cm³/mol. The summed E-state index contributed by atoms with van der Waals surface area (Å²) in [6, 6.07) is 14.5. The SMILES string of the molecule is CCNC(=NCc1ccc(-n2ccnc2)c(F)c1)NCC(C)(O)c1ccccc1.I. The highest BCUT2D eigenvalue weighted by Crippen LogP contribution is 2.19. The van der Waals surface area contributed by atoms with Gasteiger partial charge in [-0.2, -0.15) is 0 Å². The number of aromatic nitrogens is 2. The average Bonchev–Trinajstić information content (AvgIpc) is 3.25. The van der Waals surface area contributed by atoms with E-state index in [0.29, 0.717) is 24.7 Å². The van der Waals surface area contributed by atoms with Crippen molar-refractivity contribution in [2.45, 2.75) is 26.0 Å². The van der Waals surface area contributed by atoms with E-state index in [-0.39, 0.29) is 36.3 Å². The van der Waals surface area contributed by atoms with Gasteiger partial charge in [0.05, 0.1) is 25.1 Å². The Morgan fingerprint density at radius 3 is 2.60 bits per heavy atom. The van der Waals surface area contributed by atoms with Crippen LogP contribution in [-0.4, -0.2) is 33.7 Å². The van der Waals surface area contributed by atoms with Crippen LogP contribution in [0.5, 0.6) is 0 Å². The number of aliphatic hydroxyl groups is 1. The van der Waals surface area contributed by atoms with Gasteiger partial charge in [0.25, 0.3) is 0 Å². The fourth-order valence-electron chi connectivity index (χ4n) is 2.93. The smallest absolute Gasteiger partial charge is 0.191 e. The monoisotopic (exact) mass is 523 g/mol. The Balaban J connectivity index is 0.00000320. The minimum Gasteiger partial charge on any atom is -0.384 e. The van der Waals surface area contributed by atoms with E-state index in [2.05, 4.69) is 20.6 Å². The molecule has 3 N–H and O–H groups in total. The molecule has 8 heteroatoms. The third-order valence-electron chi connectivity index (χ3n) is 4.55. The molecule has 0 aliphatic heterocycles.